The Labute approximate surface area is 232 Å². The minimum Gasteiger partial charge on any atom is -0.744 e. The number of aromatic hydroxyl groups is 1. The molecule has 0 radical (unpaired) electrons. The van der Waals surface area contributed by atoms with Gasteiger partial charge >= 0.3 is 29.6 Å². The van der Waals surface area contributed by atoms with Crippen molar-refractivity contribution >= 4 is 48.0 Å². The Morgan fingerprint density at radius 1 is 1.00 bits per heavy atom. The first-order valence-corrected chi connectivity index (χ1v) is 13.8. The fourth-order valence-electron chi connectivity index (χ4n) is 4.32. The summed E-state index contributed by atoms with van der Waals surface area (Å²) >= 11 is 0. The Morgan fingerprint density at radius 2 is 1.67 bits per heavy atom. The molecule has 0 aromatic heterocycles. The van der Waals surface area contributed by atoms with E-state index in [0.29, 0.717) is 0 Å². The van der Waals surface area contributed by atoms with Crippen LogP contribution in [-0.4, -0.2) is 43.9 Å². The molecule has 13 heteroatoms. The van der Waals surface area contributed by atoms with Gasteiger partial charge in [-0.25, -0.2) is 16.8 Å². The molecule has 0 aliphatic heterocycles. The summed E-state index contributed by atoms with van der Waals surface area (Å²) in [6, 6.07) is 10.9. The normalized spacial score (nSPS) is 15.4. The van der Waals surface area contributed by atoms with Crippen LogP contribution < -0.4 is 35.3 Å². The monoisotopic (exact) mass is 540 g/mol. The molecule has 36 heavy (non-hydrogen) atoms. The molecule has 0 amide bonds. The Hall–Kier alpha value is -2.06. The van der Waals surface area contributed by atoms with E-state index < -0.39 is 30.8 Å². The number of nitrogens with two attached hydrogens (primary N) is 1. The van der Waals surface area contributed by atoms with Gasteiger partial charge in [0.15, 0.2) is 0 Å². The van der Waals surface area contributed by atoms with Crippen LogP contribution >= 0.6 is 0 Å². The Kier molecular flexibility index (Phi) is 8.82. The number of rotatable bonds is 6. The van der Waals surface area contributed by atoms with Crippen molar-refractivity contribution < 1.29 is 56.1 Å². The minimum atomic E-state index is -4.80. The quantitative estimate of drug-likeness (QED) is 0.206. The summed E-state index contributed by atoms with van der Waals surface area (Å²) in [7, 11) is -7.09. The zero-order valence-corrected chi connectivity index (χ0v) is 23.6. The number of phenols is 1. The zero-order valence-electron chi connectivity index (χ0n) is 20.0. The van der Waals surface area contributed by atoms with Gasteiger partial charge in [-0.1, -0.05) is 37.5 Å². The van der Waals surface area contributed by atoms with Crippen molar-refractivity contribution in [3.8, 4) is 5.75 Å². The van der Waals surface area contributed by atoms with Crippen LogP contribution in [0.3, 0.4) is 0 Å². The third kappa shape index (κ3) is 5.75. The summed E-state index contributed by atoms with van der Waals surface area (Å²) < 4.78 is 62.4. The van der Waals surface area contributed by atoms with E-state index in [1.807, 2.05) is 0 Å². The molecule has 3 aromatic rings. The predicted molar refractivity (Wildman–Crippen MR) is 130 cm³/mol. The molecular weight excluding hydrogens is 515 g/mol. The van der Waals surface area contributed by atoms with Crippen molar-refractivity contribution in [2.45, 2.75) is 47.9 Å². The van der Waals surface area contributed by atoms with Crippen molar-refractivity contribution in [3.63, 3.8) is 0 Å². The SMILES string of the molecule is CN(C1CCCCC1)S(=O)(=O)c1ccccc1N=Nc1c(N)ccc2cc(S(=O)(=O)[O-])cc(O)c12.[Na+]. The molecule has 3 aromatic carbocycles. The molecule has 1 aliphatic rings. The van der Waals surface area contributed by atoms with E-state index in [0.717, 1.165) is 44.2 Å². The second-order valence-electron chi connectivity index (χ2n) is 8.48. The number of benzene rings is 3. The molecule has 3 N–H and O–H groups in total. The third-order valence-electron chi connectivity index (χ3n) is 6.23. The molecule has 0 bridgehead atoms. The Morgan fingerprint density at radius 3 is 2.33 bits per heavy atom. The maximum Gasteiger partial charge on any atom is 1.00 e. The molecule has 1 fully saturated rings. The molecular formula is C23H25N4NaO6S2. The van der Waals surface area contributed by atoms with E-state index in [1.165, 1.54) is 28.6 Å². The first kappa shape index (κ1) is 28.5. The number of phenolic OH excluding ortho intramolecular Hbond substituents is 1. The van der Waals surface area contributed by atoms with E-state index in [1.54, 1.807) is 19.2 Å². The van der Waals surface area contributed by atoms with Gasteiger partial charge in [0, 0.05) is 13.1 Å². The van der Waals surface area contributed by atoms with Crippen molar-refractivity contribution in [1.82, 2.24) is 4.31 Å². The zero-order chi connectivity index (χ0) is 25.4. The molecule has 0 atom stereocenters. The second-order valence-corrected chi connectivity index (χ2v) is 11.8. The predicted octanol–water partition coefficient (Wildman–Crippen LogP) is 1.40. The van der Waals surface area contributed by atoms with E-state index in [4.69, 9.17) is 5.73 Å². The van der Waals surface area contributed by atoms with Gasteiger partial charge in [0.25, 0.3) is 0 Å². The van der Waals surface area contributed by atoms with E-state index in [2.05, 4.69) is 10.2 Å². The summed E-state index contributed by atoms with van der Waals surface area (Å²) in [5, 5.41) is 19.0. The fraction of sp³-hybridized carbons (Fsp3) is 0.304. The molecule has 1 saturated carbocycles. The average Bonchev–Trinajstić information content (AvgIpc) is 2.83. The number of nitrogens with zero attached hydrogens (tertiary/aromatic N) is 3. The van der Waals surface area contributed by atoms with Gasteiger partial charge in [-0.3, -0.25) is 0 Å². The molecule has 0 saturated heterocycles. The van der Waals surface area contributed by atoms with Gasteiger partial charge in [0.05, 0.1) is 16.0 Å². The molecule has 0 unspecified atom stereocenters. The maximum atomic E-state index is 13.4. The smallest absolute Gasteiger partial charge is 0.744 e. The summed E-state index contributed by atoms with van der Waals surface area (Å²) in [5.74, 6) is -0.517. The molecule has 10 nitrogen and oxygen atoms in total. The third-order valence-corrected chi connectivity index (χ3v) is 9.00. The molecule has 4 rings (SSSR count). The fourth-order valence-corrected chi connectivity index (χ4v) is 6.39. The number of anilines is 1. The molecule has 0 heterocycles. The van der Waals surface area contributed by atoms with Crippen LogP contribution in [0.15, 0.2) is 68.6 Å². The van der Waals surface area contributed by atoms with Crippen LogP contribution in [0.4, 0.5) is 17.1 Å². The first-order valence-electron chi connectivity index (χ1n) is 11.0. The summed E-state index contributed by atoms with van der Waals surface area (Å²) in [6.45, 7) is 0. The number of fused-ring (bicyclic) bond motifs is 1. The average molecular weight is 541 g/mol. The van der Waals surface area contributed by atoms with Gasteiger partial charge in [0.2, 0.25) is 10.0 Å². The van der Waals surface area contributed by atoms with Crippen molar-refractivity contribution in [2.24, 2.45) is 10.2 Å². The van der Waals surface area contributed by atoms with Crippen LogP contribution in [0.2, 0.25) is 0 Å². The van der Waals surface area contributed by atoms with Gasteiger partial charge in [-0.15, -0.1) is 10.2 Å². The number of hydrogen-bond acceptors (Lipinski definition) is 9. The van der Waals surface area contributed by atoms with Crippen LogP contribution in [0.25, 0.3) is 10.8 Å². The largest absolute Gasteiger partial charge is 1.00 e. The molecule has 1 aliphatic carbocycles. The van der Waals surface area contributed by atoms with Crippen LogP contribution in [0.5, 0.6) is 5.75 Å². The number of azo groups is 1. The minimum absolute atomic E-state index is 0. The summed E-state index contributed by atoms with van der Waals surface area (Å²) in [6.07, 6.45) is 4.64. The van der Waals surface area contributed by atoms with Gasteiger partial charge < -0.3 is 15.4 Å². The van der Waals surface area contributed by atoms with Gasteiger partial charge in [-0.05, 0) is 48.6 Å². The standard InChI is InChI=1S/C23H26N4O6S2.Na/c1-27(16-7-3-2-4-8-16)34(29,30)21-10-6-5-9-19(21)25-26-23-18(24)12-11-15-13-17(35(31,32)33)14-20(28)22(15)23;/h5-6,9-14,16,28H,2-4,7-8,24H2,1H3,(H,31,32,33);/q;+1/p-1. The van der Waals surface area contributed by atoms with E-state index in [-0.39, 0.29) is 68.3 Å². The van der Waals surface area contributed by atoms with Gasteiger partial charge in [-0.2, -0.15) is 4.31 Å². The molecule has 186 valence electrons. The number of nitrogen functional groups attached to an aromatic ring is 1. The first-order chi connectivity index (χ1) is 16.5. The number of sulfonamides is 1. The van der Waals surface area contributed by atoms with Crippen molar-refractivity contribution in [3.05, 3.63) is 48.5 Å². The van der Waals surface area contributed by atoms with Crippen LogP contribution in [0, 0.1) is 0 Å². The van der Waals surface area contributed by atoms with Crippen molar-refractivity contribution in [2.75, 3.05) is 12.8 Å². The van der Waals surface area contributed by atoms with Crippen LogP contribution in [-0.2, 0) is 20.1 Å². The second kappa shape index (κ2) is 11.1. The van der Waals surface area contributed by atoms with Crippen molar-refractivity contribution in [1.29, 1.82) is 0 Å². The van der Waals surface area contributed by atoms with Gasteiger partial charge in [0.1, 0.15) is 32.1 Å². The Balaban J connectivity index is 0.00000361. The van der Waals surface area contributed by atoms with Crippen LogP contribution in [0.1, 0.15) is 32.1 Å². The van der Waals surface area contributed by atoms with E-state index in [9.17, 15) is 26.5 Å². The van der Waals surface area contributed by atoms with E-state index >= 15 is 0 Å². The Bertz CT molecular complexity index is 1520. The molecule has 0 spiro atoms. The maximum absolute atomic E-state index is 13.4. The summed E-state index contributed by atoms with van der Waals surface area (Å²) in [4.78, 5) is -0.614. The topological polar surface area (TPSA) is 166 Å². The summed E-state index contributed by atoms with van der Waals surface area (Å²) in [5.41, 5.74) is 6.27. The number of hydrogen-bond donors (Lipinski definition) is 2.